The minimum Gasteiger partial charge on any atom is -0.493 e. The van der Waals surface area contributed by atoms with Gasteiger partial charge in [0, 0.05) is 19.6 Å². The molecule has 0 aliphatic heterocycles. The molecular formula is C22H28N2O2. The molecule has 1 aromatic heterocycles. The summed E-state index contributed by atoms with van der Waals surface area (Å²) in [7, 11) is 0. The molecule has 138 valence electrons. The van der Waals surface area contributed by atoms with Crippen LogP contribution in [-0.2, 0) is 13.0 Å². The van der Waals surface area contributed by atoms with Crippen LogP contribution in [0.25, 0.3) is 11.0 Å². The van der Waals surface area contributed by atoms with Crippen molar-refractivity contribution in [3.05, 3.63) is 59.4 Å². The van der Waals surface area contributed by atoms with Gasteiger partial charge in [-0.25, -0.2) is 4.98 Å². The maximum absolute atomic E-state index is 9.14. The Bertz CT molecular complexity index is 834. The molecule has 0 aliphatic carbocycles. The van der Waals surface area contributed by atoms with E-state index < -0.39 is 0 Å². The molecule has 0 unspecified atom stereocenters. The smallest absolute Gasteiger partial charge is 0.125 e. The zero-order chi connectivity index (χ0) is 18.4. The number of para-hydroxylation sites is 3. The molecule has 0 saturated heterocycles. The molecule has 1 N–H and O–H groups in total. The number of hydrogen-bond acceptors (Lipinski definition) is 3. The predicted octanol–water partition coefficient (Wildman–Crippen LogP) is 4.44. The van der Waals surface area contributed by atoms with Crippen molar-refractivity contribution in [3.8, 4) is 5.75 Å². The molecule has 1 heterocycles. The van der Waals surface area contributed by atoms with E-state index in [-0.39, 0.29) is 6.61 Å². The van der Waals surface area contributed by atoms with Gasteiger partial charge in [-0.2, -0.15) is 0 Å². The lowest BCUT2D eigenvalue weighted by Gasteiger charge is -2.13. The second-order valence-electron chi connectivity index (χ2n) is 6.77. The minimum absolute atomic E-state index is 0.201. The number of rotatable bonds is 9. The topological polar surface area (TPSA) is 47.3 Å². The van der Waals surface area contributed by atoms with Crippen LogP contribution in [0.1, 0.15) is 36.2 Å². The summed E-state index contributed by atoms with van der Waals surface area (Å²) in [6.45, 7) is 6.04. The van der Waals surface area contributed by atoms with Crippen molar-refractivity contribution in [3.63, 3.8) is 0 Å². The SMILES string of the molecule is Cc1cccc(C)c1OCCCCn1c(CCCO)nc2ccccc21. The Morgan fingerprint density at radius 2 is 1.73 bits per heavy atom. The molecule has 3 aromatic rings. The van der Waals surface area contributed by atoms with Gasteiger partial charge in [0.2, 0.25) is 0 Å². The third-order valence-corrected chi connectivity index (χ3v) is 4.72. The lowest BCUT2D eigenvalue weighted by molar-refractivity contribution is 0.286. The molecule has 26 heavy (non-hydrogen) atoms. The first-order valence-electron chi connectivity index (χ1n) is 9.44. The third kappa shape index (κ3) is 4.25. The van der Waals surface area contributed by atoms with E-state index >= 15 is 0 Å². The Morgan fingerprint density at radius 3 is 2.50 bits per heavy atom. The zero-order valence-electron chi connectivity index (χ0n) is 15.7. The first kappa shape index (κ1) is 18.5. The molecule has 0 saturated carbocycles. The lowest BCUT2D eigenvalue weighted by atomic mass is 10.1. The molecule has 4 heteroatoms. The van der Waals surface area contributed by atoms with Gasteiger partial charge in [-0.05, 0) is 56.4 Å². The molecular weight excluding hydrogens is 324 g/mol. The Balaban J connectivity index is 1.59. The van der Waals surface area contributed by atoms with E-state index in [0.717, 1.165) is 55.9 Å². The number of aromatic nitrogens is 2. The third-order valence-electron chi connectivity index (χ3n) is 4.72. The monoisotopic (exact) mass is 352 g/mol. The molecule has 4 nitrogen and oxygen atoms in total. The largest absolute Gasteiger partial charge is 0.493 e. The molecule has 0 amide bonds. The average Bonchev–Trinajstić information content (AvgIpc) is 2.99. The molecule has 0 aliphatic rings. The molecule has 2 aromatic carbocycles. The van der Waals surface area contributed by atoms with Gasteiger partial charge in [-0.1, -0.05) is 30.3 Å². The quantitative estimate of drug-likeness (QED) is 0.579. The summed E-state index contributed by atoms with van der Waals surface area (Å²) in [6.07, 6.45) is 3.60. The molecule has 0 spiro atoms. The highest BCUT2D eigenvalue weighted by atomic mass is 16.5. The Kier molecular flexibility index (Phi) is 6.29. The fourth-order valence-electron chi connectivity index (χ4n) is 3.38. The highest BCUT2D eigenvalue weighted by Crippen LogP contribution is 2.23. The van der Waals surface area contributed by atoms with Crippen LogP contribution in [0.15, 0.2) is 42.5 Å². The van der Waals surface area contributed by atoms with Crippen molar-refractivity contribution >= 4 is 11.0 Å². The summed E-state index contributed by atoms with van der Waals surface area (Å²) >= 11 is 0. The molecule has 0 atom stereocenters. The van der Waals surface area contributed by atoms with Crippen LogP contribution in [0.3, 0.4) is 0 Å². The summed E-state index contributed by atoms with van der Waals surface area (Å²) in [4.78, 5) is 4.74. The van der Waals surface area contributed by atoms with E-state index in [0.29, 0.717) is 0 Å². The van der Waals surface area contributed by atoms with Gasteiger partial charge in [-0.15, -0.1) is 0 Å². The van der Waals surface area contributed by atoms with E-state index in [1.54, 1.807) is 0 Å². The van der Waals surface area contributed by atoms with Crippen LogP contribution in [-0.4, -0.2) is 27.9 Å². The first-order chi connectivity index (χ1) is 12.7. The van der Waals surface area contributed by atoms with Crippen LogP contribution in [0, 0.1) is 13.8 Å². The summed E-state index contributed by atoms with van der Waals surface area (Å²) in [5.41, 5.74) is 4.59. The summed E-state index contributed by atoms with van der Waals surface area (Å²) in [6, 6.07) is 14.5. The van der Waals surface area contributed by atoms with Gasteiger partial charge in [0.1, 0.15) is 11.6 Å². The lowest BCUT2D eigenvalue weighted by Crippen LogP contribution is -2.07. The maximum Gasteiger partial charge on any atom is 0.125 e. The van der Waals surface area contributed by atoms with E-state index in [1.807, 2.05) is 6.07 Å². The normalized spacial score (nSPS) is 11.2. The number of unbranched alkanes of at least 4 members (excludes halogenated alkanes) is 1. The molecule has 0 bridgehead atoms. The fraction of sp³-hybridized carbons (Fsp3) is 0.409. The van der Waals surface area contributed by atoms with Crippen molar-refractivity contribution in [2.75, 3.05) is 13.2 Å². The number of imidazole rings is 1. The van der Waals surface area contributed by atoms with Gasteiger partial charge in [-0.3, -0.25) is 0 Å². The van der Waals surface area contributed by atoms with Gasteiger partial charge in [0.05, 0.1) is 17.6 Å². The number of ether oxygens (including phenoxy) is 1. The number of fused-ring (bicyclic) bond motifs is 1. The Hall–Kier alpha value is -2.33. The second-order valence-corrected chi connectivity index (χ2v) is 6.77. The number of hydrogen-bond donors (Lipinski definition) is 1. The average molecular weight is 352 g/mol. The fourth-order valence-corrected chi connectivity index (χ4v) is 3.38. The van der Waals surface area contributed by atoms with Crippen LogP contribution in [0.5, 0.6) is 5.75 Å². The van der Waals surface area contributed by atoms with E-state index in [4.69, 9.17) is 14.8 Å². The molecule has 3 rings (SSSR count). The van der Waals surface area contributed by atoms with Gasteiger partial charge in [0.15, 0.2) is 0 Å². The van der Waals surface area contributed by atoms with Crippen molar-refractivity contribution in [2.45, 2.75) is 46.1 Å². The molecule has 0 radical (unpaired) electrons. The van der Waals surface area contributed by atoms with Gasteiger partial charge >= 0.3 is 0 Å². The number of benzene rings is 2. The predicted molar refractivity (Wildman–Crippen MR) is 106 cm³/mol. The Labute approximate surface area is 155 Å². The van der Waals surface area contributed by atoms with Crippen molar-refractivity contribution in [1.82, 2.24) is 9.55 Å². The number of aliphatic hydroxyl groups is 1. The first-order valence-corrected chi connectivity index (χ1v) is 9.44. The highest BCUT2D eigenvalue weighted by Gasteiger charge is 2.10. The maximum atomic E-state index is 9.14. The summed E-state index contributed by atoms with van der Waals surface area (Å²) in [5, 5.41) is 9.14. The second kappa shape index (κ2) is 8.86. The number of aliphatic hydroxyl groups excluding tert-OH is 1. The van der Waals surface area contributed by atoms with Crippen molar-refractivity contribution in [1.29, 1.82) is 0 Å². The number of aryl methyl sites for hydroxylation is 4. The minimum atomic E-state index is 0.201. The van der Waals surface area contributed by atoms with Crippen LogP contribution < -0.4 is 4.74 Å². The summed E-state index contributed by atoms with van der Waals surface area (Å²) in [5.74, 6) is 2.08. The van der Waals surface area contributed by atoms with Crippen LogP contribution >= 0.6 is 0 Å². The van der Waals surface area contributed by atoms with E-state index in [9.17, 15) is 0 Å². The van der Waals surface area contributed by atoms with Gasteiger partial charge < -0.3 is 14.4 Å². The highest BCUT2D eigenvalue weighted by molar-refractivity contribution is 5.75. The summed E-state index contributed by atoms with van der Waals surface area (Å²) < 4.78 is 8.31. The standard InChI is InChI=1S/C22H28N2O2/c1-17-9-7-10-18(2)22(17)26-16-6-5-14-24-20-12-4-3-11-19(20)23-21(24)13-8-15-25/h3-4,7,9-12,25H,5-6,8,13-16H2,1-2H3. The van der Waals surface area contributed by atoms with E-state index in [2.05, 4.69) is 54.8 Å². The van der Waals surface area contributed by atoms with Crippen molar-refractivity contribution in [2.24, 2.45) is 0 Å². The molecule has 0 fully saturated rings. The van der Waals surface area contributed by atoms with Gasteiger partial charge in [0.25, 0.3) is 0 Å². The van der Waals surface area contributed by atoms with Crippen LogP contribution in [0.4, 0.5) is 0 Å². The number of nitrogens with zero attached hydrogens (tertiary/aromatic N) is 2. The van der Waals surface area contributed by atoms with Crippen LogP contribution in [0.2, 0.25) is 0 Å². The van der Waals surface area contributed by atoms with E-state index in [1.165, 1.54) is 16.6 Å². The Morgan fingerprint density at radius 1 is 0.962 bits per heavy atom. The van der Waals surface area contributed by atoms with Crippen molar-refractivity contribution < 1.29 is 9.84 Å². The zero-order valence-corrected chi connectivity index (χ0v) is 15.7.